The summed E-state index contributed by atoms with van der Waals surface area (Å²) in [6.07, 6.45) is 0. The molecule has 132 valence electrons. The van der Waals surface area contributed by atoms with E-state index in [0.717, 1.165) is 17.2 Å². The Hall–Kier alpha value is -2.21. The van der Waals surface area contributed by atoms with E-state index in [1.807, 2.05) is 39.0 Å². The van der Waals surface area contributed by atoms with E-state index in [2.05, 4.69) is 21.2 Å². The van der Waals surface area contributed by atoms with E-state index >= 15 is 0 Å². The van der Waals surface area contributed by atoms with Crippen molar-refractivity contribution >= 4 is 27.8 Å². The summed E-state index contributed by atoms with van der Waals surface area (Å²) in [4.78, 5) is 24.0. The molecule has 1 atom stereocenters. The number of esters is 1. The maximum atomic E-state index is 13.2. The fraction of sp³-hybridized carbons (Fsp3) is 0.263. The van der Waals surface area contributed by atoms with Crippen LogP contribution in [0.15, 0.2) is 40.9 Å². The molecule has 0 saturated carbocycles. The van der Waals surface area contributed by atoms with E-state index in [-0.39, 0.29) is 11.6 Å². The van der Waals surface area contributed by atoms with Gasteiger partial charge in [-0.2, -0.15) is 0 Å². The maximum absolute atomic E-state index is 13.2. The average molecular weight is 408 g/mol. The largest absolute Gasteiger partial charge is 0.452 e. The zero-order chi connectivity index (χ0) is 18.6. The number of benzene rings is 2. The van der Waals surface area contributed by atoms with E-state index in [9.17, 15) is 14.0 Å². The van der Waals surface area contributed by atoms with Crippen molar-refractivity contribution in [3.8, 4) is 0 Å². The van der Waals surface area contributed by atoms with Gasteiger partial charge in [0.25, 0.3) is 5.91 Å². The Balaban J connectivity index is 1.92. The van der Waals surface area contributed by atoms with E-state index < -0.39 is 24.3 Å². The lowest BCUT2D eigenvalue weighted by Gasteiger charge is -2.16. The van der Waals surface area contributed by atoms with Crippen LogP contribution in [0.25, 0.3) is 0 Å². The van der Waals surface area contributed by atoms with E-state index in [1.54, 1.807) is 0 Å². The molecular formula is C19H19BrFNO3. The van der Waals surface area contributed by atoms with Crippen LogP contribution in [0, 0.1) is 19.7 Å². The number of aryl methyl sites for hydroxylation is 2. The summed E-state index contributed by atoms with van der Waals surface area (Å²) < 4.78 is 18.6. The third kappa shape index (κ3) is 5.13. The van der Waals surface area contributed by atoms with E-state index in [4.69, 9.17) is 4.74 Å². The molecule has 0 radical (unpaired) electrons. The minimum Gasteiger partial charge on any atom is -0.452 e. The van der Waals surface area contributed by atoms with Gasteiger partial charge in [-0.3, -0.25) is 4.79 Å². The van der Waals surface area contributed by atoms with Crippen LogP contribution in [0.2, 0.25) is 0 Å². The fourth-order valence-corrected chi connectivity index (χ4v) is 2.67. The second-order valence-corrected chi connectivity index (χ2v) is 6.69. The van der Waals surface area contributed by atoms with Gasteiger partial charge in [0.1, 0.15) is 5.82 Å². The smallest absolute Gasteiger partial charge is 0.339 e. The quantitative estimate of drug-likeness (QED) is 0.754. The molecule has 0 saturated heterocycles. The third-order valence-electron chi connectivity index (χ3n) is 3.89. The molecule has 0 aromatic heterocycles. The molecule has 25 heavy (non-hydrogen) atoms. The second kappa shape index (κ2) is 8.25. The Labute approximate surface area is 154 Å². The molecule has 0 unspecified atom stereocenters. The number of carbonyl (C=O) groups excluding carboxylic acids is 2. The van der Waals surface area contributed by atoms with Gasteiger partial charge < -0.3 is 10.1 Å². The Bertz CT molecular complexity index is 807. The molecule has 0 spiro atoms. The highest BCUT2D eigenvalue weighted by molar-refractivity contribution is 9.10. The number of hydrogen-bond donors (Lipinski definition) is 1. The summed E-state index contributed by atoms with van der Waals surface area (Å²) in [5.74, 6) is -1.74. The molecule has 2 aromatic carbocycles. The fourth-order valence-electron chi connectivity index (χ4n) is 2.26. The molecule has 0 fully saturated rings. The van der Waals surface area contributed by atoms with Gasteiger partial charge in [-0.25, -0.2) is 9.18 Å². The lowest BCUT2D eigenvalue weighted by molar-refractivity contribution is -0.124. The minimum atomic E-state index is -0.764. The van der Waals surface area contributed by atoms with Crippen molar-refractivity contribution in [2.75, 3.05) is 6.61 Å². The Morgan fingerprint density at radius 3 is 2.56 bits per heavy atom. The molecule has 0 aliphatic rings. The number of amides is 1. The monoisotopic (exact) mass is 407 g/mol. The number of hydrogen-bond acceptors (Lipinski definition) is 3. The maximum Gasteiger partial charge on any atom is 0.339 e. The van der Waals surface area contributed by atoms with Crippen molar-refractivity contribution in [2.45, 2.75) is 26.8 Å². The third-order valence-corrected chi connectivity index (χ3v) is 4.58. The van der Waals surface area contributed by atoms with E-state index in [1.165, 1.54) is 17.7 Å². The summed E-state index contributed by atoms with van der Waals surface area (Å²) in [5, 5.41) is 2.77. The average Bonchev–Trinajstić information content (AvgIpc) is 2.57. The first-order valence-corrected chi connectivity index (χ1v) is 8.56. The molecule has 0 aliphatic heterocycles. The standard InChI is InChI=1S/C19H19BrFNO3/c1-11-4-5-14(8-12(11)2)13(3)22-18(23)10-25-19(24)16-9-15(21)6-7-17(16)20/h4-9,13H,10H2,1-3H3,(H,22,23)/t13-/m0/s1. The van der Waals surface area contributed by atoms with Gasteiger partial charge >= 0.3 is 5.97 Å². The Kier molecular flexibility index (Phi) is 6.31. The lowest BCUT2D eigenvalue weighted by atomic mass is 10.0. The molecule has 0 aliphatic carbocycles. The van der Waals surface area contributed by atoms with Gasteiger partial charge in [0.2, 0.25) is 0 Å². The zero-order valence-electron chi connectivity index (χ0n) is 14.2. The molecule has 2 rings (SSSR count). The van der Waals surface area contributed by atoms with Crippen LogP contribution in [0.4, 0.5) is 4.39 Å². The molecular weight excluding hydrogens is 389 g/mol. The highest BCUT2D eigenvalue weighted by atomic mass is 79.9. The van der Waals surface area contributed by atoms with Gasteiger partial charge in [-0.1, -0.05) is 18.2 Å². The highest BCUT2D eigenvalue weighted by Crippen LogP contribution is 2.19. The molecule has 0 bridgehead atoms. The minimum absolute atomic E-state index is 0.0370. The zero-order valence-corrected chi connectivity index (χ0v) is 15.8. The van der Waals surface area contributed by atoms with Crippen LogP contribution in [0.5, 0.6) is 0 Å². The molecule has 0 heterocycles. The number of rotatable bonds is 5. The van der Waals surface area contributed by atoms with Gasteiger partial charge in [0.15, 0.2) is 6.61 Å². The van der Waals surface area contributed by atoms with Crippen molar-refractivity contribution in [2.24, 2.45) is 0 Å². The van der Waals surface area contributed by atoms with Crippen molar-refractivity contribution < 1.29 is 18.7 Å². The highest BCUT2D eigenvalue weighted by Gasteiger charge is 2.16. The van der Waals surface area contributed by atoms with Crippen LogP contribution in [-0.2, 0) is 9.53 Å². The van der Waals surface area contributed by atoms with Gasteiger partial charge in [0, 0.05) is 4.47 Å². The van der Waals surface area contributed by atoms with Crippen LogP contribution in [0.3, 0.4) is 0 Å². The van der Waals surface area contributed by atoms with Crippen molar-refractivity contribution in [1.29, 1.82) is 0 Å². The predicted octanol–water partition coefficient (Wildman–Crippen LogP) is 4.24. The molecule has 1 N–H and O–H groups in total. The lowest BCUT2D eigenvalue weighted by Crippen LogP contribution is -2.31. The predicted molar refractivity (Wildman–Crippen MR) is 96.9 cm³/mol. The van der Waals surface area contributed by atoms with Crippen molar-refractivity contribution in [3.05, 3.63) is 68.9 Å². The Morgan fingerprint density at radius 1 is 1.16 bits per heavy atom. The van der Waals surface area contributed by atoms with Crippen LogP contribution < -0.4 is 5.32 Å². The van der Waals surface area contributed by atoms with E-state index in [0.29, 0.717) is 4.47 Å². The summed E-state index contributed by atoms with van der Waals surface area (Å²) in [7, 11) is 0. The topological polar surface area (TPSA) is 55.4 Å². The number of ether oxygens (including phenoxy) is 1. The summed E-state index contributed by atoms with van der Waals surface area (Å²) in [6, 6.07) is 9.43. The first-order chi connectivity index (χ1) is 11.8. The summed E-state index contributed by atoms with van der Waals surface area (Å²) in [6.45, 7) is 5.45. The van der Waals surface area contributed by atoms with Crippen LogP contribution in [0.1, 0.15) is 40.0 Å². The van der Waals surface area contributed by atoms with Gasteiger partial charge in [0.05, 0.1) is 11.6 Å². The normalized spacial score (nSPS) is 11.7. The molecule has 1 amide bonds. The first-order valence-electron chi connectivity index (χ1n) is 7.76. The van der Waals surface area contributed by atoms with Crippen LogP contribution >= 0.6 is 15.9 Å². The first kappa shape index (κ1) is 19.1. The van der Waals surface area contributed by atoms with Gasteiger partial charge in [-0.15, -0.1) is 0 Å². The Morgan fingerprint density at radius 2 is 1.88 bits per heavy atom. The van der Waals surface area contributed by atoms with Crippen LogP contribution in [-0.4, -0.2) is 18.5 Å². The SMILES string of the molecule is Cc1ccc([C@H](C)NC(=O)COC(=O)c2cc(F)ccc2Br)cc1C. The second-order valence-electron chi connectivity index (χ2n) is 5.83. The van der Waals surface area contributed by atoms with Gasteiger partial charge in [-0.05, 0) is 71.6 Å². The number of halogens is 2. The summed E-state index contributed by atoms with van der Waals surface area (Å²) in [5.41, 5.74) is 3.32. The molecule has 2 aromatic rings. The molecule has 4 nitrogen and oxygen atoms in total. The number of carbonyl (C=O) groups is 2. The van der Waals surface area contributed by atoms with Crippen molar-refractivity contribution in [1.82, 2.24) is 5.32 Å². The van der Waals surface area contributed by atoms with Crippen molar-refractivity contribution in [3.63, 3.8) is 0 Å². The summed E-state index contributed by atoms with van der Waals surface area (Å²) >= 11 is 3.15. The number of nitrogens with one attached hydrogen (secondary N) is 1. The molecule has 6 heteroatoms.